The van der Waals surface area contributed by atoms with Crippen LogP contribution in [-0.4, -0.2) is 59.8 Å². The first-order chi connectivity index (χ1) is 14.9. The molecule has 1 amide bonds. The van der Waals surface area contributed by atoms with E-state index in [9.17, 15) is 4.79 Å². The van der Waals surface area contributed by atoms with Crippen LogP contribution in [0.1, 0.15) is 42.0 Å². The lowest BCUT2D eigenvalue weighted by Gasteiger charge is -2.26. The number of benzene rings is 1. The Kier molecular flexibility index (Phi) is 6.62. The van der Waals surface area contributed by atoms with Crippen molar-refractivity contribution in [3.8, 4) is 5.75 Å². The summed E-state index contributed by atoms with van der Waals surface area (Å²) in [5.74, 6) is 2.36. The van der Waals surface area contributed by atoms with Crippen LogP contribution in [0.15, 0.2) is 22.7 Å². The number of fused-ring (bicyclic) bond motifs is 1. The molecular formula is C24H33N3O4. The monoisotopic (exact) mass is 427 g/mol. The van der Waals surface area contributed by atoms with Crippen LogP contribution in [-0.2, 0) is 29.1 Å². The second-order valence-electron chi connectivity index (χ2n) is 9.14. The van der Waals surface area contributed by atoms with Crippen LogP contribution in [0.3, 0.4) is 0 Å². The van der Waals surface area contributed by atoms with Crippen molar-refractivity contribution < 1.29 is 18.8 Å². The summed E-state index contributed by atoms with van der Waals surface area (Å²) < 4.78 is 17.2. The van der Waals surface area contributed by atoms with Gasteiger partial charge in [0.15, 0.2) is 0 Å². The molecule has 2 aliphatic heterocycles. The van der Waals surface area contributed by atoms with Crippen LogP contribution in [0.4, 0.5) is 0 Å². The molecular weight excluding hydrogens is 394 g/mol. The Hall–Kier alpha value is -2.38. The zero-order valence-corrected chi connectivity index (χ0v) is 19.0. The molecule has 0 saturated carbocycles. The van der Waals surface area contributed by atoms with E-state index in [1.807, 2.05) is 24.8 Å². The van der Waals surface area contributed by atoms with Crippen LogP contribution < -0.4 is 4.74 Å². The number of rotatable bonds is 7. The summed E-state index contributed by atoms with van der Waals surface area (Å²) in [7, 11) is 0. The lowest BCUT2D eigenvalue weighted by molar-refractivity contribution is -0.132. The molecule has 168 valence electrons. The van der Waals surface area contributed by atoms with E-state index in [-0.39, 0.29) is 12.0 Å². The summed E-state index contributed by atoms with van der Waals surface area (Å²) >= 11 is 0. The van der Waals surface area contributed by atoms with E-state index in [4.69, 9.17) is 14.0 Å². The normalized spacial score (nSPS) is 19.6. The summed E-state index contributed by atoms with van der Waals surface area (Å²) in [6.45, 7) is 12.5. The highest BCUT2D eigenvalue weighted by molar-refractivity contribution is 5.78. The SMILES string of the molecule is Cc1noc(C)c1COC1CN(Cc2ccc3c(c2)CCO3)CC(=O)N(CC(C)C)C1. The zero-order valence-electron chi connectivity index (χ0n) is 19.0. The number of amides is 1. The molecule has 1 saturated heterocycles. The molecule has 1 aromatic heterocycles. The highest BCUT2D eigenvalue weighted by Gasteiger charge is 2.29. The third-order valence-corrected chi connectivity index (χ3v) is 5.99. The van der Waals surface area contributed by atoms with Crippen LogP contribution in [0.2, 0.25) is 0 Å². The Morgan fingerprint density at radius 1 is 1.26 bits per heavy atom. The molecule has 1 atom stereocenters. The Morgan fingerprint density at radius 3 is 2.84 bits per heavy atom. The van der Waals surface area contributed by atoms with Gasteiger partial charge in [-0.15, -0.1) is 0 Å². The summed E-state index contributed by atoms with van der Waals surface area (Å²) in [4.78, 5) is 17.2. The van der Waals surface area contributed by atoms with Gasteiger partial charge in [-0.25, -0.2) is 0 Å². The number of hydrogen-bond donors (Lipinski definition) is 0. The lowest BCUT2D eigenvalue weighted by Crippen LogP contribution is -2.40. The van der Waals surface area contributed by atoms with Gasteiger partial charge in [0.1, 0.15) is 11.5 Å². The van der Waals surface area contributed by atoms with E-state index in [0.29, 0.717) is 32.2 Å². The van der Waals surface area contributed by atoms with Crippen molar-refractivity contribution in [1.29, 1.82) is 0 Å². The number of hydrogen-bond acceptors (Lipinski definition) is 6. The number of carbonyl (C=O) groups excluding carboxylic acids is 1. The fourth-order valence-corrected chi connectivity index (χ4v) is 4.40. The fraction of sp³-hybridized carbons (Fsp3) is 0.583. The van der Waals surface area contributed by atoms with Gasteiger partial charge < -0.3 is 18.9 Å². The van der Waals surface area contributed by atoms with Gasteiger partial charge in [0.2, 0.25) is 5.91 Å². The minimum atomic E-state index is -0.0725. The van der Waals surface area contributed by atoms with Crippen molar-refractivity contribution in [2.45, 2.75) is 53.4 Å². The van der Waals surface area contributed by atoms with Crippen molar-refractivity contribution in [3.05, 3.63) is 46.3 Å². The molecule has 3 heterocycles. The Labute approximate surface area is 184 Å². The molecule has 0 bridgehead atoms. The minimum Gasteiger partial charge on any atom is -0.493 e. The van der Waals surface area contributed by atoms with Gasteiger partial charge in [0.25, 0.3) is 0 Å². The largest absolute Gasteiger partial charge is 0.493 e. The summed E-state index contributed by atoms with van der Waals surface area (Å²) in [6.07, 6.45) is 0.879. The van der Waals surface area contributed by atoms with Gasteiger partial charge in [-0.05, 0) is 37.0 Å². The molecule has 0 aliphatic carbocycles. The van der Waals surface area contributed by atoms with E-state index >= 15 is 0 Å². The van der Waals surface area contributed by atoms with E-state index < -0.39 is 0 Å². The highest BCUT2D eigenvalue weighted by Crippen LogP contribution is 2.27. The van der Waals surface area contributed by atoms with Crippen molar-refractivity contribution >= 4 is 5.91 Å². The maximum atomic E-state index is 13.0. The molecule has 0 radical (unpaired) electrons. The average Bonchev–Trinajstić information content (AvgIpc) is 3.27. The van der Waals surface area contributed by atoms with Gasteiger partial charge in [0, 0.05) is 38.2 Å². The minimum absolute atomic E-state index is 0.0725. The summed E-state index contributed by atoms with van der Waals surface area (Å²) in [5.41, 5.74) is 4.32. The second-order valence-corrected chi connectivity index (χ2v) is 9.14. The predicted molar refractivity (Wildman–Crippen MR) is 117 cm³/mol. The Morgan fingerprint density at radius 2 is 2.10 bits per heavy atom. The smallest absolute Gasteiger partial charge is 0.236 e. The molecule has 0 N–H and O–H groups in total. The maximum absolute atomic E-state index is 13.0. The summed E-state index contributed by atoms with van der Waals surface area (Å²) in [6, 6.07) is 6.36. The number of nitrogens with zero attached hydrogens (tertiary/aromatic N) is 3. The van der Waals surface area contributed by atoms with Crippen LogP contribution in [0.5, 0.6) is 5.75 Å². The molecule has 2 aromatic rings. The molecule has 1 fully saturated rings. The standard InChI is InChI=1S/C24H33N3O4/c1-16(2)10-27-13-21(30-15-22-17(3)25-31-18(22)4)12-26(14-24(27)28)11-19-5-6-23-20(9-19)7-8-29-23/h5-6,9,16,21H,7-8,10-15H2,1-4H3. The van der Waals surface area contributed by atoms with Crippen molar-refractivity contribution in [2.24, 2.45) is 5.92 Å². The summed E-state index contributed by atoms with van der Waals surface area (Å²) in [5, 5.41) is 4.02. The van der Waals surface area contributed by atoms with E-state index in [0.717, 1.165) is 48.9 Å². The third-order valence-electron chi connectivity index (χ3n) is 5.99. The van der Waals surface area contributed by atoms with Crippen LogP contribution >= 0.6 is 0 Å². The predicted octanol–water partition coefficient (Wildman–Crippen LogP) is 3.11. The first-order valence-corrected chi connectivity index (χ1v) is 11.2. The number of ether oxygens (including phenoxy) is 2. The van der Waals surface area contributed by atoms with Crippen LogP contribution in [0, 0.1) is 19.8 Å². The first-order valence-electron chi connectivity index (χ1n) is 11.2. The van der Waals surface area contributed by atoms with Crippen molar-refractivity contribution in [2.75, 3.05) is 32.8 Å². The molecule has 1 aromatic carbocycles. The Bertz CT molecular complexity index is 904. The quantitative estimate of drug-likeness (QED) is 0.676. The zero-order chi connectivity index (χ0) is 22.0. The van der Waals surface area contributed by atoms with E-state index in [1.54, 1.807) is 0 Å². The lowest BCUT2D eigenvalue weighted by atomic mass is 10.1. The van der Waals surface area contributed by atoms with Crippen LogP contribution in [0.25, 0.3) is 0 Å². The highest BCUT2D eigenvalue weighted by atomic mass is 16.5. The molecule has 0 spiro atoms. The number of aryl methyl sites for hydroxylation is 2. The molecule has 1 unspecified atom stereocenters. The van der Waals surface area contributed by atoms with Gasteiger partial charge in [-0.2, -0.15) is 0 Å². The number of carbonyl (C=O) groups is 1. The van der Waals surface area contributed by atoms with Crippen molar-refractivity contribution in [3.63, 3.8) is 0 Å². The van der Waals surface area contributed by atoms with Gasteiger partial charge in [0.05, 0.1) is 31.6 Å². The third kappa shape index (κ3) is 5.28. The van der Waals surface area contributed by atoms with Gasteiger partial charge in [-0.1, -0.05) is 31.1 Å². The number of aromatic nitrogens is 1. The molecule has 2 aliphatic rings. The molecule has 4 rings (SSSR count). The van der Waals surface area contributed by atoms with E-state index in [2.05, 4.69) is 36.0 Å². The van der Waals surface area contributed by atoms with Gasteiger partial charge in [-0.3, -0.25) is 9.69 Å². The second kappa shape index (κ2) is 9.40. The van der Waals surface area contributed by atoms with E-state index in [1.165, 1.54) is 11.1 Å². The molecule has 7 nitrogen and oxygen atoms in total. The average molecular weight is 428 g/mol. The van der Waals surface area contributed by atoms with Gasteiger partial charge >= 0.3 is 0 Å². The molecule has 31 heavy (non-hydrogen) atoms. The topological polar surface area (TPSA) is 68.0 Å². The maximum Gasteiger partial charge on any atom is 0.236 e. The first kappa shape index (κ1) is 21.8. The molecule has 7 heteroatoms. The fourth-order valence-electron chi connectivity index (χ4n) is 4.40. The Balaban J connectivity index is 1.48. The van der Waals surface area contributed by atoms with Crippen molar-refractivity contribution in [1.82, 2.24) is 15.0 Å².